The molecular formula is C9H14N4O3. The lowest BCUT2D eigenvalue weighted by atomic mass is 10.5. The first kappa shape index (κ1) is 12.3. The van der Waals surface area contributed by atoms with Crippen LogP contribution in [0.4, 0.5) is 11.6 Å². The van der Waals surface area contributed by atoms with Gasteiger partial charge in [0.2, 0.25) is 5.95 Å². The largest absolute Gasteiger partial charge is 0.377 e. The van der Waals surface area contributed by atoms with Gasteiger partial charge in [0, 0.05) is 6.54 Å². The van der Waals surface area contributed by atoms with Crippen LogP contribution in [-0.4, -0.2) is 34.1 Å². The van der Waals surface area contributed by atoms with E-state index in [4.69, 9.17) is 4.74 Å². The fourth-order valence-electron chi connectivity index (χ4n) is 0.964. The van der Waals surface area contributed by atoms with Gasteiger partial charge in [-0.05, 0) is 13.8 Å². The smallest absolute Gasteiger partial charge is 0.305 e. The Hall–Kier alpha value is -1.76. The minimum absolute atomic E-state index is 0.121. The van der Waals surface area contributed by atoms with E-state index in [1.807, 2.05) is 13.8 Å². The Balaban J connectivity index is 2.35. The molecule has 0 amide bonds. The van der Waals surface area contributed by atoms with Gasteiger partial charge in [0.05, 0.1) is 17.6 Å². The highest BCUT2D eigenvalue weighted by Crippen LogP contribution is 2.07. The maximum atomic E-state index is 10.3. The van der Waals surface area contributed by atoms with Crippen LogP contribution in [0, 0.1) is 10.1 Å². The number of aromatic nitrogens is 2. The summed E-state index contributed by atoms with van der Waals surface area (Å²) in [5, 5.41) is 13.2. The van der Waals surface area contributed by atoms with Gasteiger partial charge in [-0.1, -0.05) is 0 Å². The van der Waals surface area contributed by atoms with Crippen LogP contribution in [0.5, 0.6) is 0 Å². The third-order valence-electron chi connectivity index (χ3n) is 1.69. The fourth-order valence-corrected chi connectivity index (χ4v) is 0.964. The van der Waals surface area contributed by atoms with Gasteiger partial charge in [0.1, 0.15) is 12.4 Å². The van der Waals surface area contributed by atoms with Crippen molar-refractivity contribution in [3.05, 3.63) is 22.5 Å². The Morgan fingerprint density at radius 1 is 1.50 bits per heavy atom. The first-order valence-electron chi connectivity index (χ1n) is 4.91. The minimum atomic E-state index is -0.536. The van der Waals surface area contributed by atoms with E-state index in [2.05, 4.69) is 15.3 Å². The average molecular weight is 226 g/mol. The molecule has 88 valence electrons. The lowest BCUT2D eigenvalue weighted by Gasteiger charge is -2.07. The summed E-state index contributed by atoms with van der Waals surface area (Å²) in [5.74, 6) is 0.359. The zero-order valence-electron chi connectivity index (χ0n) is 9.21. The van der Waals surface area contributed by atoms with Gasteiger partial charge in [0.25, 0.3) is 0 Å². The van der Waals surface area contributed by atoms with E-state index in [1.165, 1.54) is 12.4 Å². The monoisotopic (exact) mass is 226 g/mol. The highest BCUT2D eigenvalue weighted by molar-refractivity contribution is 5.30. The van der Waals surface area contributed by atoms with Crippen molar-refractivity contribution in [2.45, 2.75) is 20.0 Å². The van der Waals surface area contributed by atoms with Crippen LogP contribution in [0.25, 0.3) is 0 Å². The highest BCUT2D eigenvalue weighted by Gasteiger charge is 2.05. The molecular weight excluding hydrogens is 212 g/mol. The molecule has 0 spiro atoms. The zero-order valence-corrected chi connectivity index (χ0v) is 9.21. The van der Waals surface area contributed by atoms with E-state index in [-0.39, 0.29) is 11.8 Å². The quantitative estimate of drug-likeness (QED) is 0.445. The number of nitrogens with zero attached hydrogens (tertiary/aromatic N) is 3. The summed E-state index contributed by atoms with van der Waals surface area (Å²) in [5.41, 5.74) is -0.121. The van der Waals surface area contributed by atoms with E-state index in [0.717, 1.165) is 0 Å². The first-order valence-corrected chi connectivity index (χ1v) is 4.91. The Kier molecular flexibility index (Phi) is 4.59. The Morgan fingerprint density at radius 2 is 2.12 bits per heavy atom. The third-order valence-corrected chi connectivity index (χ3v) is 1.69. The van der Waals surface area contributed by atoms with E-state index >= 15 is 0 Å². The van der Waals surface area contributed by atoms with Crippen molar-refractivity contribution < 1.29 is 9.66 Å². The van der Waals surface area contributed by atoms with Gasteiger partial charge < -0.3 is 10.1 Å². The molecule has 0 atom stereocenters. The van der Waals surface area contributed by atoms with Crippen LogP contribution in [0.2, 0.25) is 0 Å². The summed E-state index contributed by atoms with van der Waals surface area (Å²) in [7, 11) is 0. The van der Waals surface area contributed by atoms with E-state index < -0.39 is 4.92 Å². The van der Waals surface area contributed by atoms with Gasteiger partial charge in [-0.2, -0.15) is 0 Å². The number of nitrogens with one attached hydrogen (secondary N) is 1. The van der Waals surface area contributed by atoms with Crippen molar-refractivity contribution in [3.8, 4) is 0 Å². The van der Waals surface area contributed by atoms with Crippen LogP contribution in [0.15, 0.2) is 12.4 Å². The predicted octanol–water partition coefficient (Wildman–Crippen LogP) is 1.22. The molecule has 0 aliphatic carbocycles. The van der Waals surface area contributed by atoms with Crippen molar-refractivity contribution in [3.63, 3.8) is 0 Å². The maximum absolute atomic E-state index is 10.3. The molecule has 0 bridgehead atoms. The van der Waals surface area contributed by atoms with Crippen LogP contribution in [-0.2, 0) is 4.74 Å². The van der Waals surface area contributed by atoms with Crippen LogP contribution >= 0.6 is 0 Å². The van der Waals surface area contributed by atoms with Gasteiger partial charge in [-0.3, -0.25) is 10.1 Å². The topological polar surface area (TPSA) is 90.2 Å². The predicted molar refractivity (Wildman–Crippen MR) is 58.3 cm³/mol. The summed E-state index contributed by atoms with van der Waals surface area (Å²) < 4.78 is 5.30. The number of anilines is 1. The molecule has 16 heavy (non-hydrogen) atoms. The molecule has 1 rings (SSSR count). The number of hydrogen-bond acceptors (Lipinski definition) is 6. The SMILES string of the molecule is CC(C)OCCNc1ncc([N+](=O)[O-])cn1. The summed E-state index contributed by atoms with van der Waals surface area (Å²) in [4.78, 5) is 17.4. The Labute approximate surface area is 93.0 Å². The second-order valence-corrected chi connectivity index (χ2v) is 3.37. The highest BCUT2D eigenvalue weighted by atomic mass is 16.6. The molecule has 0 aliphatic rings. The fraction of sp³-hybridized carbons (Fsp3) is 0.556. The molecule has 7 heteroatoms. The molecule has 1 aromatic heterocycles. The van der Waals surface area contributed by atoms with Gasteiger partial charge in [0.15, 0.2) is 0 Å². The Bertz CT molecular complexity index is 339. The summed E-state index contributed by atoms with van der Waals surface area (Å²) >= 11 is 0. The van der Waals surface area contributed by atoms with Crippen LogP contribution < -0.4 is 5.32 Å². The molecule has 1 N–H and O–H groups in total. The van der Waals surface area contributed by atoms with Gasteiger partial charge in [-0.25, -0.2) is 9.97 Å². The van der Waals surface area contributed by atoms with Crippen molar-refractivity contribution >= 4 is 11.6 Å². The molecule has 0 aliphatic heterocycles. The third kappa shape index (κ3) is 4.18. The summed E-state index contributed by atoms with van der Waals surface area (Å²) in [6.07, 6.45) is 2.51. The first-order chi connectivity index (χ1) is 7.59. The van der Waals surface area contributed by atoms with Gasteiger partial charge in [-0.15, -0.1) is 0 Å². The van der Waals surface area contributed by atoms with E-state index in [9.17, 15) is 10.1 Å². The number of nitro groups is 1. The van der Waals surface area contributed by atoms with Crippen molar-refractivity contribution in [1.29, 1.82) is 0 Å². The normalized spacial score (nSPS) is 10.4. The number of rotatable bonds is 6. The molecule has 1 aromatic rings. The second kappa shape index (κ2) is 5.96. The summed E-state index contributed by atoms with van der Waals surface area (Å²) in [6.45, 7) is 5.00. The van der Waals surface area contributed by atoms with Gasteiger partial charge >= 0.3 is 5.69 Å². The number of hydrogen-bond donors (Lipinski definition) is 1. The molecule has 7 nitrogen and oxygen atoms in total. The maximum Gasteiger partial charge on any atom is 0.305 e. The second-order valence-electron chi connectivity index (χ2n) is 3.37. The zero-order chi connectivity index (χ0) is 12.0. The van der Waals surface area contributed by atoms with Crippen LogP contribution in [0.3, 0.4) is 0 Å². The van der Waals surface area contributed by atoms with Crippen molar-refractivity contribution in [1.82, 2.24) is 9.97 Å². The molecule has 0 saturated heterocycles. The van der Waals surface area contributed by atoms with Crippen LogP contribution in [0.1, 0.15) is 13.8 Å². The molecule has 0 aromatic carbocycles. The lowest BCUT2D eigenvalue weighted by molar-refractivity contribution is -0.385. The summed E-state index contributed by atoms with van der Waals surface area (Å²) in [6, 6.07) is 0. The van der Waals surface area contributed by atoms with Crippen molar-refractivity contribution in [2.75, 3.05) is 18.5 Å². The van der Waals surface area contributed by atoms with E-state index in [0.29, 0.717) is 19.1 Å². The lowest BCUT2D eigenvalue weighted by Crippen LogP contribution is -2.14. The Morgan fingerprint density at radius 3 is 2.62 bits per heavy atom. The molecule has 0 fully saturated rings. The molecule has 0 unspecified atom stereocenters. The minimum Gasteiger partial charge on any atom is -0.377 e. The average Bonchev–Trinajstić information content (AvgIpc) is 2.25. The number of ether oxygens (including phenoxy) is 1. The molecule has 1 heterocycles. The standard InChI is InChI=1S/C9H14N4O3/c1-7(2)16-4-3-10-9-11-5-8(6-12-9)13(14)15/h5-7H,3-4H2,1-2H3,(H,10,11,12). The van der Waals surface area contributed by atoms with Crippen molar-refractivity contribution in [2.24, 2.45) is 0 Å². The van der Waals surface area contributed by atoms with E-state index in [1.54, 1.807) is 0 Å². The molecule has 0 radical (unpaired) electrons. The molecule has 0 saturated carbocycles.